The van der Waals surface area contributed by atoms with E-state index in [0.717, 1.165) is 12.1 Å². The smallest absolute Gasteiger partial charge is 0.252 e. The van der Waals surface area contributed by atoms with Crippen molar-refractivity contribution < 1.29 is 18.7 Å². The van der Waals surface area contributed by atoms with E-state index in [2.05, 4.69) is 17.2 Å². The Hall–Kier alpha value is -2.23. The summed E-state index contributed by atoms with van der Waals surface area (Å²) in [5.41, 5.74) is 0.616. The summed E-state index contributed by atoms with van der Waals surface area (Å²) in [6.07, 6.45) is 0. The Kier molecular flexibility index (Phi) is 5.04. The maximum atomic E-state index is 13.4. The molecule has 2 N–H and O–H groups in total. The lowest BCUT2D eigenvalue weighted by Crippen LogP contribution is -2.22. The summed E-state index contributed by atoms with van der Waals surface area (Å²) in [6, 6.07) is 4.78. The Balaban J connectivity index is 2.00. The molecule has 21 heavy (non-hydrogen) atoms. The number of nitrogens with one attached hydrogen (secondary N) is 1. The first kappa shape index (κ1) is 15.2. The van der Waals surface area contributed by atoms with Crippen LogP contribution < -0.4 is 5.32 Å². The van der Waals surface area contributed by atoms with Gasteiger partial charge in [-0.1, -0.05) is 17.9 Å². The summed E-state index contributed by atoms with van der Waals surface area (Å²) >= 11 is 1.28. The topological polar surface area (TPSA) is 49.3 Å². The van der Waals surface area contributed by atoms with E-state index in [9.17, 15) is 13.6 Å². The van der Waals surface area contributed by atoms with Gasteiger partial charge in [-0.25, -0.2) is 8.78 Å². The first-order valence-electron chi connectivity index (χ1n) is 6.00. The van der Waals surface area contributed by atoms with Crippen molar-refractivity contribution in [1.29, 1.82) is 0 Å². The first-order valence-corrected chi connectivity index (χ1v) is 6.88. The Labute approximate surface area is 124 Å². The van der Waals surface area contributed by atoms with E-state index in [4.69, 9.17) is 5.11 Å². The molecule has 0 saturated heterocycles. The Bertz CT molecular complexity index is 716. The maximum Gasteiger partial charge on any atom is 0.252 e. The molecule has 2 aromatic rings. The highest BCUT2D eigenvalue weighted by atomic mass is 32.1. The lowest BCUT2D eigenvalue weighted by molar-refractivity contribution is 0.0951. The molecule has 0 saturated carbocycles. The lowest BCUT2D eigenvalue weighted by atomic mass is 10.2. The van der Waals surface area contributed by atoms with Crippen molar-refractivity contribution in [1.82, 2.24) is 5.32 Å². The molecule has 0 radical (unpaired) electrons. The monoisotopic (exact) mass is 307 g/mol. The predicted octanol–water partition coefficient (Wildman–Crippen LogP) is 2.30. The van der Waals surface area contributed by atoms with Crippen LogP contribution in [0.4, 0.5) is 8.78 Å². The fraction of sp³-hybridized carbons (Fsp3) is 0.133. The number of thiophene rings is 1. The first-order chi connectivity index (χ1) is 10.1. The molecule has 6 heteroatoms. The number of benzene rings is 1. The second-order valence-corrected chi connectivity index (χ2v) is 4.99. The molecule has 2 rings (SSSR count). The summed E-state index contributed by atoms with van der Waals surface area (Å²) in [4.78, 5) is 12.5. The molecule has 0 atom stereocenters. The molecule has 3 nitrogen and oxygen atoms in total. The third-order valence-electron chi connectivity index (χ3n) is 2.61. The highest BCUT2D eigenvalue weighted by molar-refractivity contribution is 7.10. The number of aliphatic hydroxyl groups excluding tert-OH is 1. The summed E-state index contributed by atoms with van der Waals surface area (Å²) in [5, 5.41) is 12.8. The normalized spacial score (nSPS) is 9.86. The van der Waals surface area contributed by atoms with Crippen molar-refractivity contribution in [3.05, 3.63) is 57.3 Å². The van der Waals surface area contributed by atoms with Crippen LogP contribution in [-0.2, 0) is 6.54 Å². The minimum atomic E-state index is -0.699. The van der Waals surface area contributed by atoms with Gasteiger partial charge in [0.1, 0.15) is 18.2 Å². The van der Waals surface area contributed by atoms with Crippen LogP contribution in [0.5, 0.6) is 0 Å². The van der Waals surface area contributed by atoms with Crippen molar-refractivity contribution in [3.63, 3.8) is 0 Å². The Morgan fingerprint density at radius 1 is 1.33 bits per heavy atom. The van der Waals surface area contributed by atoms with Gasteiger partial charge in [0.05, 0.1) is 10.4 Å². The Morgan fingerprint density at radius 3 is 2.86 bits per heavy atom. The van der Waals surface area contributed by atoms with Crippen LogP contribution in [0.3, 0.4) is 0 Å². The van der Waals surface area contributed by atoms with E-state index >= 15 is 0 Å². The number of amides is 1. The van der Waals surface area contributed by atoms with Gasteiger partial charge in [0, 0.05) is 23.6 Å². The largest absolute Gasteiger partial charge is 0.384 e. The molecule has 1 amide bonds. The summed E-state index contributed by atoms with van der Waals surface area (Å²) in [7, 11) is 0. The molecule has 1 aromatic carbocycles. The fourth-order valence-corrected chi connectivity index (χ4v) is 2.35. The van der Waals surface area contributed by atoms with Gasteiger partial charge >= 0.3 is 0 Å². The highest BCUT2D eigenvalue weighted by Crippen LogP contribution is 2.14. The minimum absolute atomic E-state index is 0.0293. The molecule has 1 aromatic heterocycles. The SMILES string of the molecule is O=C(NCc1ccc(F)cc1F)c1csc(C#CCO)c1. The molecule has 0 fully saturated rings. The quantitative estimate of drug-likeness (QED) is 0.855. The van der Waals surface area contributed by atoms with E-state index in [1.165, 1.54) is 17.4 Å². The number of carbonyl (C=O) groups is 1. The fourth-order valence-electron chi connectivity index (χ4n) is 1.59. The van der Waals surface area contributed by atoms with Gasteiger partial charge in [-0.2, -0.15) is 0 Å². The molecular formula is C15H11F2NO2S. The van der Waals surface area contributed by atoms with E-state index in [1.807, 2.05) is 0 Å². The van der Waals surface area contributed by atoms with Gasteiger partial charge < -0.3 is 10.4 Å². The third-order valence-corrected chi connectivity index (χ3v) is 3.45. The van der Waals surface area contributed by atoms with Crippen LogP contribution >= 0.6 is 11.3 Å². The van der Waals surface area contributed by atoms with Crippen molar-refractivity contribution in [2.24, 2.45) is 0 Å². The summed E-state index contributed by atoms with van der Waals surface area (Å²) in [6.45, 7) is -0.276. The molecular weight excluding hydrogens is 296 g/mol. The standard InChI is InChI=1S/C15H11F2NO2S/c16-12-4-3-10(14(17)7-12)8-18-15(20)11-6-13(21-9-11)2-1-5-19/h3-4,6-7,9,19H,5,8H2,(H,18,20). The zero-order valence-corrected chi connectivity index (χ0v) is 11.6. The van der Waals surface area contributed by atoms with Gasteiger partial charge in [0.2, 0.25) is 0 Å². The van der Waals surface area contributed by atoms with Crippen LogP contribution in [0.15, 0.2) is 29.6 Å². The molecule has 1 heterocycles. The molecule has 0 aliphatic rings. The minimum Gasteiger partial charge on any atom is -0.384 e. The van der Waals surface area contributed by atoms with Gasteiger partial charge in [0.15, 0.2) is 0 Å². The average molecular weight is 307 g/mol. The van der Waals surface area contributed by atoms with Gasteiger partial charge in [-0.05, 0) is 12.1 Å². The van der Waals surface area contributed by atoms with Crippen molar-refractivity contribution in [2.45, 2.75) is 6.54 Å². The van der Waals surface area contributed by atoms with E-state index < -0.39 is 11.6 Å². The molecule has 0 spiro atoms. The number of carbonyl (C=O) groups excluding carboxylic acids is 1. The number of aliphatic hydroxyl groups is 1. The van der Waals surface area contributed by atoms with Gasteiger partial charge in [0.25, 0.3) is 5.91 Å². The second-order valence-electron chi connectivity index (χ2n) is 4.08. The molecule has 0 unspecified atom stereocenters. The zero-order valence-electron chi connectivity index (χ0n) is 10.8. The van der Waals surface area contributed by atoms with E-state index in [-0.39, 0.29) is 24.6 Å². The van der Waals surface area contributed by atoms with Crippen LogP contribution in [0.2, 0.25) is 0 Å². The van der Waals surface area contributed by atoms with Crippen molar-refractivity contribution >= 4 is 17.2 Å². The van der Waals surface area contributed by atoms with E-state index in [0.29, 0.717) is 10.4 Å². The van der Waals surface area contributed by atoms with Gasteiger partial charge in [-0.3, -0.25) is 4.79 Å². The number of rotatable bonds is 3. The molecule has 108 valence electrons. The average Bonchev–Trinajstić information content (AvgIpc) is 2.93. The lowest BCUT2D eigenvalue weighted by Gasteiger charge is -2.05. The van der Waals surface area contributed by atoms with Crippen LogP contribution in [0.1, 0.15) is 20.8 Å². The molecule has 0 bridgehead atoms. The van der Waals surface area contributed by atoms with Crippen molar-refractivity contribution in [2.75, 3.05) is 6.61 Å². The molecule has 0 aliphatic heterocycles. The molecule has 0 aliphatic carbocycles. The Morgan fingerprint density at radius 2 is 2.14 bits per heavy atom. The van der Waals surface area contributed by atoms with E-state index in [1.54, 1.807) is 11.4 Å². The number of hydrogen-bond acceptors (Lipinski definition) is 3. The summed E-state index contributed by atoms with van der Waals surface area (Å²) < 4.78 is 26.2. The van der Waals surface area contributed by atoms with Gasteiger partial charge in [-0.15, -0.1) is 11.3 Å². The third kappa shape index (κ3) is 4.12. The van der Waals surface area contributed by atoms with Crippen LogP contribution in [-0.4, -0.2) is 17.6 Å². The maximum absolute atomic E-state index is 13.4. The number of halogens is 2. The second kappa shape index (κ2) is 6.97. The van der Waals surface area contributed by atoms with Crippen LogP contribution in [0, 0.1) is 23.5 Å². The predicted molar refractivity (Wildman–Crippen MR) is 75.8 cm³/mol. The van der Waals surface area contributed by atoms with Crippen LogP contribution in [0.25, 0.3) is 0 Å². The summed E-state index contributed by atoms with van der Waals surface area (Å²) in [5.74, 6) is 3.45. The zero-order chi connectivity index (χ0) is 15.2. The number of hydrogen-bond donors (Lipinski definition) is 2. The van der Waals surface area contributed by atoms with Crippen molar-refractivity contribution in [3.8, 4) is 11.8 Å². The highest BCUT2D eigenvalue weighted by Gasteiger charge is 2.09.